The van der Waals surface area contributed by atoms with Gasteiger partial charge in [-0.1, -0.05) is 26.7 Å². The summed E-state index contributed by atoms with van der Waals surface area (Å²) in [4.78, 5) is 71.5. The third-order valence-electron chi connectivity index (χ3n) is 5.53. The summed E-state index contributed by atoms with van der Waals surface area (Å²) in [6.07, 6.45) is 4.44. The lowest BCUT2D eigenvalue weighted by molar-refractivity contribution is -0.137. The number of ether oxygens (including phenoxy) is 3. The quantitative estimate of drug-likeness (QED) is 0.115. The summed E-state index contributed by atoms with van der Waals surface area (Å²) in [5, 5.41) is 10.5. The lowest BCUT2D eigenvalue weighted by Gasteiger charge is -2.18. The number of alkyl carbamates (subject to hydrolysis) is 2. The van der Waals surface area contributed by atoms with Crippen molar-refractivity contribution in [3.63, 3.8) is 0 Å². The molecular formula is C26H43N5O9. The fourth-order valence-corrected chi connectivity index (χ4v) is 3.25. The predicted molar refractivity (Wildman–Crippen MR) is 144 cm³/mol. The molecule has 0 saturated carbocycles. The van der Waals surface area contributed by atoms with Crippen molar-refractivity contribution < 1.29 is 43.0 Å². The van der Waals surface area contributed by atoms with Crippen molar-refractivity contribution in [2.75, 3.05) is 52.5 Å². The molecule has 1 aliphatic rings. The van der Waals surface area contributed by atoms with E-state index in [9.17, 15) is 28.8 Å². The lowest BCUT2D eigenvalue weighted by atomic mass is 10.3. The van der Waals surface area contributed by atoms with Gasteiger partial charge in [-0.25, -0.2) is 9.59 Å². The fourth-order valence-electron chi connectivity index (χ4n) is 3.25. The van der Waals surface area contributed by atoms with Crippen molar-refractivity contribution in [2.45, 2.75) is 64.9 Å². The molecule has 0 aliphatic carbocycles. The molecule has 6 amide bonds. The van der Waals surface area contributed by atoms with Gasteiger partial charge < -0.3 is 35.5 Å². The van der Waals surface area contributed by atoms with Gasteiger partial charge in [0.1, 0.15) is 19.3 Å². The van der Waals surface area contributed by atoms with Gasteiger partial charge in [-0.05, 0) is 19.3 Å². The Labute approximate surface area is 234 Å². The molecule has 226 valence electrons. The molecule has 0 unspecified atom stereocenters. The Kier molecular flexibility index (Phi) is 18.2. The van der Waals surface area contributed by atoms with Gasteiger partial charge in [-0.15, -0.1) is 0 Å². The smallest absolute Gasteiger partial charge is 0.407 e. The van der Waals surface area contributed by atoms with Crippen LogP contribution in [0.4, 0.5) is 9.59 Å². The molecule has 0 bridgehead atoms. The summed E-state index contributed by atoms with van der Waals surface area (Å²) in [6.45, 7) is 5.31. The highest BCUT2D eigenvalue weighted by atomic mass is 16.6. The minimum absolute atomic E-state index is 0.00695. The average Bonchev–Trinajstić information content (AvgIpc) is 3.25. The van der Waals surface area contributed by atoms with E-state index >= 15 is 0 Å². The molecule has 0 radical (unpaired) electrons. The van der Waals surface area contributed by atoms with Crippen LogP contribution in [0.1, 0.15) is 58.8 Å². The van der Waals surface area contributed by atoms with Crippen LogP contribution >= 0.6 is 0 Å². The molecular weight excluding hydrogens is 526 g/mol. The maximum absolute atomic E-state index is 12.1. The van der Waals surface area contributed by atoms with Crippen LogP contribution in [0.25, 0.3) is 0 Å². The molecule has 1 aliphatic heterocycles. The van der Waals surface area contributed by atoms with Gasteiger partial charge in [0, 0.05) is 64.3 Å². The predicted octanol–water partition coefficient (Wildman–Crippen LogP) is 0.752. The Morgan fingerprint density at radius 1 is 0.725 bits per heavy atom. The minimum Gasteiger partial charge on any atom is -0.447 e. The van der Waals surface area contributed by atoms with Gasteiger partial charge in [0.05, 0.1) is 0 Å². The van der Waals surface area contributed by atoms with Crippen LogP contribution in [-0.4, -0.2) is 99.4 Å². The third-order valence-corrected chi connectivity index (χ3v) is 5.53. The van der Waals surface area contributed by atoms with Gasteiger partial charge in [-0.3, -0.25) is 24.1 Å². The van der Waals surface area contributed by atoms with E-state index < -0.39 is 30.1 Å². The maximum Gasteiger partial charge on any atom is 0.407 e. The molecule has 0 atom stereocenters. The topological polar surface area (TPSA) is 181 Å². The van der Waals surface area contributed by atoms with E-state index in [0.29, 0.717) is 19.5 Å². The van der Waals surface area contributed by atoms with Gasteiger partial charge in [0.15, 0.2) is 0 Å². The van der Waals surface area contributed by atoms with Crippen LogP contribution in [0.2, 0.25) is 0 Å². The minimum atomic E-state index is -0.700. The molecule has 4 N–H and O–H groups in total. The first-order valence-corrected chi connectivity index (χ1v) is 13.8. The number of carbonyl (C=O) groups excluding carboxylic acids is 6. The molecule has 0 aromatic rings. The summed E-state index contributed by atoms with van der Waals surface area (Å²) in [7, 11) is 0. The Morgan fingerprint density at radius 2 is 1.23 bits per heavy atom. The largest absolute Gasteiger partial charge is 0.447 e. The first-order valence-electron chi connectivity index (χ1n) is 13.8. The second kappa shape index (κ2) is 21.2. The van der Waals surface area contributed by atoms with Gasteiger partial charge in [0.25, 0.3) is 11.8 Å². The number of imide groups is 1. The van der Waals surface area contributed by atoms with E-state index in [1.165, 1.54) is 0 Å². The Bertz CT molecular complexity index is 822. The Morgan fingerprint density at radius 3 is 1.73 bits per heavy atom. The van der Waals surface area contributed by atoms with Crippen LogP contribution in [0.15, 0.2) is 12.2 Å². The SMILES string of the molecule is CCCCNC(=O)OCC(COC(=O)NCCCC)OCCCC(=O)NCCNC(=O)CCN1C(=O)C=CC1=O. The van der Waals surface area contributed by atoms with Gasteiger partial charge in [-0.2, -0.15) is 0 Å². The molecule has 1 heterocycles. The molecule has 14 nitrogen and oxygen atoms in total. The lowest BCUT2D eigenvalue weighted by Crippen LogP contribution is -2.37. The Hall–Kier alpha value is -3.68. The summed E-state index contributed by atoms with van der Waals surface area (Å²) < 4.78 is 16.0. The zero-order chi connectivity index (χ0) is 29.6. The molecule has 14 heteroatoms. The van der Waals surface area contributed by atoms with Crippen LogP contribution in [-0.2, 0) is 33.4 Å². The molecule has 0 aromatic carbocycles. The highest BCUT2D eigenvalue weighted by Crippen LogP contribution is 2.04. The number of hydrogen-bond acceptors (Lipinski definition) is 9. The molecule has 0 aromatic heterocycles. The average molecular weight is 570 g/mol. The number of unbranched alkanes of at least 4 members (excludes halogenated alkanes) is 2. The molecule has 0 spiro atoms. The van der Waals surface area contributed by atoms with Crippen molar-refractivity contribution in [1.82, 2.24) is 26.2 Å². The summed E-state index contributed by atoms with van der Waals surface area (Å²) in [5.41, 5.74) is 0. The van der Waals surface area contributed by atoms with Crippen molar-refractivity contribution in [2.24, 2.45) is 0 Å². The normalized spacial score (nSPS) is 12.4. The van der Waals surface area contributed by atoms with Crippen molar-refractivity contribution in [1.29, 1.82) is 0 Å². The number of rotatable bonds is 21. The molecule has 0 saturated heterocycles. The first kappa shape index (κ1) is 34.3. The molecule has 1 rings (SSSR count). The summed E-state index contributed by atoms with van der Waals surface area (Å²) >= 11 is 0. The van der Waals surface area contributed by atoms with Gasteiger partial charge in [0.2, 0.25) is 11.8 Å². The van der Waals surface area contributed by atoms with Crippen LogP contribution in [0.5, 0.6) is 0 Å². The number of amides is 6. The number of hydrogen-bond donors (Lipinski definition) is 4. The van der Waals surface area contributed by atoms with E-state index in [0.717, 1.165) is 42.7 Å². The molecule has 40 heavy (non-hydrogen) atoms. The van der Waals surface area contributed by atoms with E-state index in [-0.39, 0.29) is 64.1 Å². The summed E-state index contributed by atoms with van der Waals surface area (Å²) in [5.74, 6) is -1.47. The number of nitrogens with zero attached hydrogens (tertiary/aromatic N) is 1. The van der Waals surface area contributed by atoms with Crippen LogP contribution in [0.3, 0.4) is 0 Å². The fraction of sp³-hybridized carbons (Fsp3) is 0.692. The van der Waals surface area contributed by atoms with Crippen molar-refractivity contribution in [3.05, 3.63) is 12.2 Å². The van der Waals surface area contributed by atoms with Crippen molar-refractivity contribution >= 4 is 35.8 Å². The third kappa shape index (κ3) is 16.3. The van der Waals surface area contributed by atoms with Crippen molar-refractivity contribution in [3.8, 4) is 0 Å². The number of nitrogens with one attached hydrogen (secondary N) is 4. The van der Waals surface area contributed by atoms with Crippen LogP contribution in [0, 0.1) is 0 Å². The standard InChI is InChI=1S/C26H43N5O9/c1-3-5-12-29-25(36)39-18-20(19-40-26(37)30-13-6-4-2)38-17-7-8-21(32)27-14-15-28-22(33)11-16-31-23(34)9-10-24(31)35/h9-10,20H,3-8,11-19H2,1-2H3,(H,27,32)(H,28,33)(H,29,36)(H,30,37). The summed E-state index contributed by atoms with van der Waals surface area (Å²) in [6, 6.07) is 0. The van der Waals surface area contributed by atoms with E-state index in [4.69, 9.17) is 14.2 Å². The maximum atomic E-state index is 12.1. The Balaban J connectivity index is 2.25. The monoisotopic (exact) mass is 569 g/mol. The van der Waals surface area contributed by atoms with Gasteiger partial charge >= 0.3 is 12.2 Å². The van der Waals surface area contributed by atoms with E-state index in [1.54, 1.807) is 0 Å². The van der Waals surface area contributed by atoms with E-state index in [1.807, 2.05) is 13.8 Å². The van der Waals surface area contributed by atoms with Crippen LogP contribution < -0.4 is 21.3 Å². The zero-order valence-corrected chi connectivity index (χ0v) is 23.5. The molecule has 0 fully saturated rings. The highest BCUT2D eigenvalue weighted by Gasteiger charge is 2.23. The zero-order valence-electron chi connectivity index (χ0n) is 23.5. The van der Waals surface area contributed by atoms with E-state index in [2.05, 4.69) is 21.3 Å². The first-order chi connectivity index (χ1) is 19.3. The second-order valence-corrected chi connectivity index (χ2v) is 8.97. The number of carbonyl (C=O) groups is 6. The second-order valence-electron chi connectivity index (χ2n) is 8.97. The highest BCUT2D eigenvalue weighted by molar-refractivity contribution is 6.13.